The Kier molecular flexibility index (Phi) is 7.58. The molecule has 10 heteroatoms. The second kappa shape index (κ2) is 9.71. The number of benzene rings is 2. The third-order valence-corrected chi connectivity index (χ3v) is 5.82. The first-order valence-electron chi connectivity index (χ1n) is 8.61. The van der Waals surface area contributed by atoms with Gasteiger partial charge in [0, 0.05) is 0 Å². The molecule has 2 rings (SSSR count). The molecule has 0 aliphatic rings. The van der Waals surface area contributed by atoms with Gasteiger partial charge in [0.25, 0.3) is 10.0 Å². The lowest BCUT2D eigenvalue weighted by Gasteiger charge is -2.24. The molecule has 0 unspecified atom stereocenters. The lowest BCUT2D eigenvalue weighted by molar-refractivity contribution is -0.141. The highest BCUT2D eigenvalue weighted by Gasteiger charge is 2.28. The highest BCUT2D eigenvalue weighted by Crippen LogP contribution is 2.29. The van der Waals surface area contributed by atoms with Crippen molar-refractivity contribution < 1.29 is 31.9 Å². The summed E-state index contributed by atoms with van der Waals surface area (Å²) < 4.78 is 49.9. The molecule has 0 aliphatic carbocycles. The van der Waals surface area contributed by atoms with Crippen LogP contribution in [0.15, 0.2) is 47.4 Å². The van der Waals surface area contributed by atoms with E-state index in [1.54, 1.807) is 13.8 Å². The Balaban J connectivity index is 2.50. The van der Waals surface area contributed by atoms with E-state index in [4.69, 9.17) is 21.1 Å². The number of hydrogen-bond donors (Lipinski definition) is 0. The van der Waals surface area contributed by atoms with Gasteiger partial charge in [-0.25, -0.2) is 17.6 Å². The molecule has 2 aromatic carbocycles. The number of anilines is 1. The normalized spacial score (nSPS) is 11.0. The van der Waals surface area contributed by atoms with Crippen LogP contribution in [0.1, 0.15) is 24.2 Å². The predicted molar refractivity (Wildman–Crippen MR) is 105 cm³/mol. The summed E-state index contributed by atoms with van der Waals surface area (Å²) in [7, 11) is -4.25. The van der Waals surface area contributed by atoms with Crippen molar-refractivity contribution in [2.75, 3.05) is 24.1 Å². The molecule has 29 heavy (non-hydrogen) atoms. The number of carbonyl (C=O) groups is 2. The van der Waals surface area contributed by atoms with E-state index in [2.05, 4.69) is 0 Å². The van der Waals surface area contributed by atoms with Gasteiger partial charge in [-0.15, -0.1) is 0 Å². The third-order valence-electron chi connectivity index (χ3n) is 3.72. The molecular weight excluding hydrogens is 425 g/mol. The van der Waals surface area contributed by atoms with E-state index in [1.807, 2.05) is 0 Å². The highest BCUT2D eigenvalue weighted by atomic mass is 35.5. The Morgan fingerprint density at radius 2 is 1.66 bits per heavy atom. The minimum Gasteiger partial charge on any atom is -0.465 e. The minimum atomic E-state index is -4.25. The quantitative estimate of drug-likeness (QED) is 0.581. The van der Waals surface area contributed by atoms with E-state index in [1.165, 1.54) is 18.2 Å². The van der Waals surface area contributed by atoms with Crippen LogP contribution in [0.4, 0.5) is 10.1 Å². The number of halogens is 2. The number of hydrogen-bond acceptors (Lipinski definition) is 6. The van der Waals surface area contributed by atoms with Crippen LogP contribution in [0, 0.1) is 5.82 Å². The number of nitrogens with zero attached hydrogens (tertiary/aromatic N) is 1. The standard InChI is InChI=1S/C19H19ClFNO6S/c1-3-27-18(23)12-22(29(25,26)15-8-5-13(21)6-9-15)14-7-10-16(17(20)11-14)19(24)28-4-2/h5-11H,3-4,12H2,1-2H3. The maximum absolute atomic E-state index is 13.2. The van der Waals surface area contributed by atoms with Gasteiger partial charge in [-0.1, -0.05) is 11.6 Å². The molecule has 0 fully saturated rings. The molecule has 0 atom stereocenters. The van der Waals surface area contributed by atoms with Gasteiger partial charge >= 0.3 is 11.9 Å². The fraction of sp³-hybridized carbons (Fsp3) is 0.263. The summed E-state index contributed by atoms with van der Waals surface area (Å²) in [4.78, 5) is 23.7. The van der Waals surface area contributed by atoms with Crippen LogP contribution in [0.25, 0.3) is 0 Å². The molecule has 0 aliphatic heterocycles. The van der Waals surface area contributed by atoms with Crippen molar-refractivity contribution >= 4 is 39.3 Å². The zero-order chi connectivity index (χ0) is 21.6. The van der Waals surface area contributed by atoms with Gasteiger partial charge in [0.1, 0.15) is 12.4 Å². The van der Waals surface area contributed by atoms with E-state index in [-0.39, 0.29) is 34.4 Å². The van der Waals surface area contributed by atoms with Gasteiger partial charge in [-0.2, -0.15) is 0 Å². The van der Waals surface area contributed by atoms with E-state index < -0.39 is 34.3 Å². The van der Waals surface area contributed by atoms with Crippen LogP contribution in [0.5, 0.6) is 0 Å². The van der Waals surface area contributed by atoms with Crippen LogP contribution >= 0.6 is 11.6 Å². The molecule has 0 saturated carbocycles. The first-order chi connectivity index (χ1) is 13.7. The molecular formula is C19H19ClFNO6S. The second-order valence-corrected chi connectivity index (χ2v) is 7.92. The molecule has 7 nitrogen and oxygen atoms in total. The van der Waals surface area contributed by atoms with Crippen molar-refractivity contribution in [2.45, 2.75) is 18.7 Å². The molecule has 0 spiro atoms. The highest BCUT2D eigenvalue weighted by molar-refractivity contribution is 7.92. The van der Waals surface area contributed by atoms with Crippen molar-refractivity contribution in [1.82, 2.24) is 0 Å². The summed E-state index contributed by atoms with van der Waals surface area (Å²) >= 11 is 6.13. The van der Waals surface area contributed by atoms with Crippen LogP contribution in [-0.2, 0) is 24.3 Å². The van der Waals surface area contributed by atoms with E-state index in [9.17, 15) is 22.4 Å². The van der Waals surface area contributed by atoms with Gasteiger partial charge in [-0.05, 0) is 56.3 Å². The molecule has 0 N–H and O–H groups in total. The smallest absolute Gasteiger partial charge is 0.339 e. The Morgan fingerprint density at radius 1 is 1.03 bits per heavy atom. The zero-order valence-electron chi connectivity index (χ0n) is 15.7. The van der Waals surface area contributed by atoms with Gasteiger partial charge in [0.2, 0.25) is 0 Å². The number of esters is 2. The van der Waals surface area contributed by atoms with Crippen LogP contribution in [-0.4, -0.2) is 40.1 Å². The molecule has 0 saturated heterocycles. The average Bonchev–Trinajstić information content (AvgIpc) is 2.66. The topological polar surface area (TPSA) is 90.0 Å². The number of sulfonamides is 1. The Morgan fingerprint density at radius 3 is 2.21 bits per heavy atom. The molecule has 156 valence electrons. The molecule has 2 aromatic rings. The lowest BCUT2D eigenvalue weighted by Crippen LogP contribution is -2.36. The summed E-state index contributed by atoms with van der Waals surface area (Å²) in [5.74, 6) is -2.06. The van der Waals surface area contributed by atoms with Gasteiger partial charge in [-0.3, -0.25) is 9.10 Å². The van der Waals surface area contributed by atoms with Crippen LogP contribution < -0.4 is 4.31 Å². The van der Waals surface area contributed by atoms with E-state index in [0.717, 1.165) is 28.6 Å². The molecule has 0 amide bonds. The van der Waals surface area contributed by atoms with E-state index in [0.29, 0.717) is 0 Å². The Labute approximate surface area is 173 Å². The first kappa shape index (κ1) is 22.6. The predicted octanol–water partition coefficient (Wildman–Crippen LogP) is 3.41. The Bertz CT molecular complexity index is 994. The summed E-state index contributed by atoms with van der Waals surface area (Å²) in [5.41, 5.74) is 0.0768. The molecule has 0 radical (unpaired) electrons. The third kappa shape index (κ3) is 5.45. The summed E-state index contributed by atoms with van der Waals surface area (Å²) in [6.07, 6.45) is 0. The summed E-state index contributed by atoms with van der Waals surface area (Å²) in [6.45, 7) is 2.79. The lowest BCUT2D eigenvalue weighted by atomic mass is 10.2. The Hall–Kier alpha value is -2.65. The average molecular weight is 444 g/mol. The van der Waals surface area contributed by atoms with Gasteiger partial charge in [0.05, 0.1) is 34.4 Å². The zero-order valence-corrected chi connectivity index (χ0v) is 17.3. The van der Waals surface area contributed by atoms with Crippen molar-refractivity contribution in [2.24, 2.45) is 0 Å². The SMILES string of the molecule is CCOC(=O)CN(c1ccc(C(=O)OCC)c(Cl)c1)S(=O)(=O)c1ccc(F)cc1. The van der Waals surface area contributed by atoms with Crippen LogP contribution in [0.2, 0.25) is 5.02 Å². The molecule has 0 aromatic heterocycles. The molecule has 0 bridgehead atoms. The number of rotatable bonds is 8. The van der Waals surface area contributed by atoms with Crippen molar-refractivity contribution in [3.63, 3.8) is 0 Å². The van der Waals surface area contributed by atoms with E-state index >= 15 is 0 Å². The maximum atomic E-state index is 13.2. The van der Waals surface area contributed by atoms with Crippen LogP contribution in [0.3, 0.4) is 0 Å². The van der Waals surface area contributed by atoms with Crippen molar-refractivity contribution in [3.8, 4) is 0 Å². The minimum absolute atomic E-state index is 0.0282. The summed E-state index contributed by atoms with van der Waals surface area (Å²) in [5, 5.41) is -0.0517. The molecule has 0 heterocycles. The largest absolute Gasteiger partial charge is 0.465 e. The maximum Gasteiger partial charge on any atom is 0.339 e. The fourth-order valence-electron chi connectivity index (χ4n) is 2.41. The van der Waals surface area contributed by atoms with Gasteiger partial charge in [0.15, 0.2) is 0 Å². The second-order valence-electron chi connectivity index (χ2n) is 5.66. The number of carbonyl (C=O) groups excluding carboxylic acids is 2. The van der Waals surface area contributed by atoms with Gasteiger partial charge < -0.3 is 9.47 Å². The van der Waals surface area contributed by atoms with Crippen molar-refractivity contribution in [1.29, 1.82) is 0 Å². The monoisotopic (exact) mass is 443 g/mol. The summed E-state index contributed by atoms with van der Waals surface area (Å²) in [6, 6.07) is 7.99. The number of ether oxygens (including phenoxy) is 2. The first-order valence-corrected chi connectivity index (χ1v) is 10.4. The fourth-order valence-corrected chi connectivity index (χ4v) is 4.06. The van der Waals surface area contributed by atoms with Crippen molar-refractivity contribution in [3.05, 3.63) is 58.9 Å².